The number of imide groups is 1. The maximum atomic E-state index is 12.3. The number of urea groups is 1. The number of hydrogen-bond acceptors (Lipinski definition) is 3. The molecule has 1 aliphatic heterocycles. The van der Waals surface area contributed by atoms with Crippen molar-refractivity contribution in [1.29, 1.82) is 0 Å². The second-order valence-corrected chi connectivity index (χ2v) is 4.65. The van der Waals surface area contributed by atoms with Crippen LogP contribution in [0.3, 0.4) is 0 Å². The Kier molecular flexibility index (Phi) is 3.09. The standard InChI is InChI=1S/C12H18N2O3/c1-3-17-9(2)14-10(15)12(13-11(14)16)7-5-4-6-8-12/h3,9H,1,4-8H2,2H3,(H,13,16). The van der Waals surface area contributed by atoms with Gasteiger partial charge in [0.1, 0.15) is 5.54 Å². The first-order chi connectivity index (χ1) is 8.10. The summed E-state index contributed by atoms with van der Waals surface area (Å²) < 4.78 is 5.11. The van der Waals surface area contributed by atoms with Gasteiger partial charge in [0.15, 0.2) is 6.23 Å². The zero-order valence-electron chi connectivity index (χ0n) is 10.1. The van der Waals surface area contributed by atoms with Crippen molar-refractivity contribution in [3.05, 3.63) is 12.8 Å². The van der Waals surface area contributed by atoms with Crippen molar-refractivity contribution < 1.29 is 14.3 Å². The number of carbonyl (C=O) groups excluding carboxylic acids is 2. The molecule has 1 atom stereocenters. The summed E-state index contributed by atoms with van der Waals surface area (Å²) in [6, 6.07) is -0.355. The summed E-state index contributed by atoms with van der Waals surface area (Å²) in [5.74, 6) is -0.156. The summed E-state index contributed by atoms with van der Waals surface area (Å²) in [4.78, 5) is 25.4. The fourth-order valence-corrected chi connectivity index (χ4v) is 2.67. The molecule has 0 aromatic rings. The topological polar surface area (TPSA) is 58.6 Å². The second-order valence-electron chi connectivity index (χ2n) is 4.65. The molecular formula is C12H18N2O3. The molecule has 1 N–H and O–H groups in total. The number of amides is 3. The molecule has 2 aliphatic rings. The fourth-order valence-electron chi connectivity index (χ4n) is 2.67. The van der Waals surface area contributed by atoms with Crippen LogP contribution in [-0.2, 0) is 9.53 Å². The zero-order valence-corrected chi connectivity index (χ0v) is 10.1. The van der Waals surface area contributed by atoms with Crippen LogP contribution in [-0.4, -0.2) is 28.6 Å². The molecule has 2 rings (SSSR count). The molecule has 5 nitrogen and oxygen atoms in total. The Morgan fingerprint density at radius 2 is 2.06 bits per heavy atom. The van der Waals surface area contributed by atoms with Crippen LogP contribution in [0.1, 0.15) is 39.0 Å². The smallest absolute Gasteiger partial charge is 0.328 e. The molecule has 5 heteroatoms. The van der Waals surface area contributed by atoms with Gasteiger partial charge in [-0.3, -0.25) is 4.79 Å². The minimum Gasteiger partial charge on any atom is -0.478 e. The average Bonchev–Trinajstić information content (AvgIpc) is 2.52. The highest BCUT2D eigenvalue weighted by molar-refractivity contribution is 6.07. The van der Waals surface area contributed by atoms with Crippen LogP contribution < -0.4 is 5.32 Å². The van der Waals surface area contributed by atoms with Gasteiger partial charge in [0, 0.05) is 0 Å². The van der Waals surface area contributed by atoms with E-state index in [0.717, 1.165) is 37.0 Å². The zero-order chi connectivity index (χ0) is 12.5. The monoisotopic (exact) mass is 238 g/mol. The van der Waals surface area contributed by atoms with Crippen molar-refractivity contribution >= 4 is 11.9 Å². The van der Waals surface area contributed by atoms with Gasteiger partial charge >= 0.3 is 6.03 Å². The lowest BCUT2D eigenvalue weighted by molar-refractivity contribution is -0.138. The number of carbonyl (C=O) groups is 2. The van der Waals surface area contributed by atoms with Crippen molar-refractivity contribution in [3.8, 4) is 0 Å². The van der Waals surface area contributed by atoms with E-state index < -0.39 is 11.8 Å². The van der Waals surface area contributed by atoms with Gasteiger partial charge in [-0.05, 0) is 19.8 Å². The summed E-state index contributed by atoms with van der Waals surface area (Å²) in [6.07, 6.45) is 5.21. The van der Waals surface area contributed by atoms with Gasteiger partial charge in [-0.2, -0.15) is 0 Å². The Morgan fingerprint density at radius 1 is 1.41 bits per heavy atom. The predicted octanol–water partition coefficient (Wildman–Crippen LogP) is 1.75. The Hall–Kier alpha value is -1.52. The summed E-state index contributed by atoms with van der Waals surface area (Å²) in [5.41, 5.74) is -0.672. The molecule has 3 amide bonds. The van der Waals surface area contributed by atoms with Gasteiger partial charge in [-0.1, -0.05) is 25.8 Å². The molecule has 1 unspecified atom stereocenters. The van der Waals surface area contributed by atoms with E-state index in [4.69, 9.17) is 4.74 Å². The highest BCUT2D eigenvalue weighted by atomic mass is 16.5. The molecule has 0 aromatic carbocycles. The Bertz CT molecular complexity index is 348. The minimum atomic E-state index is -0.672. The lowest BCUT2D eigenvalue weighted by Crippen LogP contribution is -2.49. The van der Waals surface area contributed by atoms with E-state index in [1.807, 2.05) is 0 Å². The van der Waals surface area contributed by atoms with Crippen LogP contribution in [0.15, 0.2) is 12.8 Å². The highest BCUT2D eigenvalue weighted by Gasteiger charge is 2.52. The van der Waals surface area contributed by atoms with Gasteiger partial charge in [-0.15, -0.1) is 0 Å². The van der Waals surface area contributed by atoms with Crippen LogP contribution in [0.2, 0.25) is 0 Å². The Morgan fingerprint density at radius 3 is 2.65 bits per heavy atom. The van der Waals surface area contributed by atoms with Gasteiger partial charge in [0.05, 0.1) is 6.26 Å². The Labute approximate surface area is 101 Å². The normalized spacial score (nSPS) is 24.6. The molecule has 94 valence electrons. The summed E-state index contributed by atoms with van der Waals surface area (Å²) in [7, 11) is 0. The van der Waals surface area contributed by atoms with Crippen molar-refractivity contribution in [1.82, 2.24) is 10.2 Å². The number of rotatable bonds is 3. The molecule has 1 saturated carbocycles. The second kappa shape index (κ2) is 4.39. The van der Waals surface area contributed by atoms with E-state index in [1.165, 1.54) is 6.26 Å². The first kappa shape index (κ1) is 12.0. The van der Waals surface area contributed by atoms with E-state index in [-0.39, 0.29) is 11.9 Å². The molecular weight excluding hydrogens is 220 g/mol. The van der Waals surface area contributed by atoms with Crippen LogP contribution in [0.25, 0.3) is 0 Å². The van der Waals surface area contributed by atoms with Crippen molar-refractivity contribution in [2.24, 2.45) is 0 Å². The first-order valence-corrected chi connectivity index (χ1v) is 6.03. The molecule has 0 radical (unpaired) electrons. The number of nitrogens with zero attached hydrogens (tertiary/aromatic N) is 1. The third kappa shape index (κ3) is 1.90. The summed E-state index contributed by atoms with van der Waals surface area (Å²) in [5, 5.41) is 2.83. The van der Waals surface area contributed by atoms with E-state index >= 15 is 0 Å². The van der Waals surface area contributed by atoms with E-state index in [9.17, 15) is 9.59 Å². The van der Waals surface area contributed by atoms with Crippen molar-refractivity contribution in [3.63, 3.8) is 0 Å². The summed E-state index contributed by atoms with van der Waals surface area (Å²) in [6.45, 7) is 5.10. The van der Waals surface area contributed by atoms with E-state index in [1.54, 1.807) is 6.92 Å². The molecule has 17 heavy (non-hydrogen) atoms. The fraction of sp³-hybridized carbons (Fsp3) is 0.667. The predicted molar refractivity (Wildman–Crippen MR) is 61.9 cm³/mol. The van der Waals surface area contributed by atoms with Gasteiger partial charge in [0.25, 0.3) is 5.91 Å². The molecule has 1 spiro atoms. The summed E-state index contributed by atoms with van der Waals surface area (Å²) >= 11 is 0. The molecule has 0 bridgehead atoms. The van der Waals surface area contributed by atoms with Gasteiger partial charge in [0.2, 0.25) is 0 Å². The van der Waals surface area contributed by atoms with Gasteiger partial charge < -0.3 is 10.1 Å². The lowest BCUT2D eigenvalue weighted by Gasteiger charge is -2.31. The third-order valence-electron chi connectivity index (χ3n) is 3.56. The van der Waals surface area contributed by atoms with E-state index in [2.05, 4.69) is 11.9 Å². The average molecular weight is 238 g/mol. The SMILES string of the molecule is C=COC(C)N1C(=O)NC2(CCCCC2)C1=O. The third-order valence-corrected chi connectivity index (χ3v) is 3.56. The van der Waals surface area contributed by atoms with Crippen molar-refractivity contribution in [2.75, 3.05) is 0 Å². The van der Waals surface area contributed by atoms with E-state index in [0.29, 0.717) is 0 Å². The molecule has 1 aliphatic carbocycles. The Balaban J connectivity index is 2.18. The number of hydrogen-bond donors (Lipinski definition) is 1. The maximum absolute atomic E-state index is 12.3. The largest absolute Gasteiger partial charge is 0.478 e. The molecule has 1 heterocycles. The number of ether oxygens (including phenoxy) is 1. The highest BCUT2D eigenvalue weighted by Crippen LogP contribution is 2.34. The van der Waals surface area contributed by atoms with Gasteiger partial charge in [-0.25, -0.2) is 9.69 Å². The maximum Gasteiger partial charge on any atom is 0.328 e. The molecule has 1 saturated heterocycles. The quantitative estimate of drug-likeness (QED) is 0.602. The first-order valence-electron chi connectivity index (χ1n) is 6.03. The molecule has 2 fully saturated rings. The molecule has 0 aromatic heterocycles. The minimum absolute atomic E-state index is 0.156. The van der Waals surface area contributed by atoms with Crippen molar-refractivity contribution in [2.45, 2.75) is 50.8 Å². The van der Waals surface area contributed by atoms with Crippen LogP contribution in [0.5, 0.6) is 0 Å². The van der Waals surface area contributed by atoms with Crippen LogP contribution in [0, 0.1) is 0 Å². The van der Waals surface area contributed by atoms with Crippen LogP contribution in [0.4, 0.5) is 4.79 Å². The van der Waals surface area contributed by atoms with Crippen LogP contribution >= 0.6 is 0 Å². The lowest BCUT2D eigenvalue weighted by atomic mass is 9.82. The number of nitrogens with one attached hydrogen (secondary N) is 1.